The second-order valence-electron chi connectivity index (χ2n) is 9.38. The van der Waals surface area contributed by atoms with E-state index >= 15 is 0 Å². The zero-order valence-electron chi connectivity index (χ0n) is 22.6. The summed E-state index contributed by atoms with van der Waals surface area (Å²) in [6.45, 7) is 0.153. The maximum atomic E-state index is 14.1. The van der Waals surface area contributed by atoms with Crippen molar-refractivity contribution in [3.63, 3.8) is 0 Å². The molecular formula is C32H29FN2O6. The molecule has 8 nitrogen and oxygen atoms in total. The summed E-state index contributed by atoms with van der Waals surface area (Å²) in [6, 6.07) is 24.2. The number of rotatable bonds is 10. The van der Waals surface area contributed by atoms with Gasteiger partial charge in [-0.2, -0.15) is 0 Å². The molecule has 1 aliphatic rings. The second kappa shape index (κ2) is 12.4. The summed E-state index contributed by atoms with van der Waals surface area (Å²) in [5, 5.41) is 2.93. The van der Waals surface area contributed by atoms with Crippen LogP contribution in [0.25, 0.3) is 0 Å². The summed E-state index contributed by atoms with van der Waals surface area (Å²) >= 11 is 0. The van der Waals surface area contributed by atoms with Gasteiger partial charge in [-0.3, -0.25) is 9.59 Å². The van der Waals surface area contributed by atoms with Gasteiger partial charge in [-0.05, 0) is 53.1 Å². The Morgan fingerprint density at radius 1 is 0.854 bits per heavy atom. The van der Waals surface area contributed by atoms with Gasteiger partial charge in [-0.15, -0.1) is 0 Å². The lowest BCUT2D eigenvalue weighted by atomic mass is 10.0. The highest BCUT2D eigenvalue weighted by molar-refractivity contribution is 5.98. The highest BCUT2D eigenvalue weighted by atomic mass is 19.1. The molecule has 1 aliphatic heterocycles. The van der Waals surface area contributed by atoms with Crippen LogP contribution < -0.4 is 24.3 Å². The molecule has 0 saturated carbocycles. The smallest absolute Gasteiger partial charge is 0.251 e. The monoisotopic (exact) mass is 556 g/mol. The Morgan fingerprint density at radius 3 is 2.32 bits per heavy atom. The molecule has 1 N–H and O–H groups in total. The van der Waals surface area contributed by atoms with Gasteiger partial charge in [0.2, 0.25) is 12.7 Å². The zero-order chi connectivity index (χ0) is 28.8. The predicted molar refractivity (Wildman–Crippen MR) is 151 cm³/mol. The molecule has 0 spiro atoms. The molecule has 2 amide bonds. The molecule has 210 valence electrons. The molecule has 0 saturated heterocycles. The number of carbonyl (C=O) groups is 2. The molecule has 1 atom stereocenters. The van der Waals surface area contributed by atoms with Crippen molar-refractivity contribution in [3.05, 3.63) is 114 Å². The van der Waals surface area contributed by atoms with Crippen LogP contribution in [0.1, 0.15) is 22.7 Å². The number of benzene rings is 4. The minimum Gasteiger partial charge on any atom is -0.493 e. The summed E-state index contributed by atoms with van der Waals surface area (Å²) in [7, 11) is 3.02. The molecule has 5 rings (SSSR count). The molecule has 0 aromatic heterocycles. The third-order valence-corrected chi connectivity index (χ3v) is 6.71. The number of hydrogen-bond acceptors (Lipinski definition) is 6. The largest absolute Gasteiger partial charge is 0.493 e. The molecule has 4 aromatic rings. The normalized spacial score (nSPS) is 12.4. The fourth-order valence-electron chi connectivity index (χ4n) is 4.66. The molecule has 0 fully saturated rings. The molecule has 0 bridgehead atoms. The molecule has 1 unspecified atom stereocenters. The Bertz CT molecular complexity index is 1530. The van der Waals surface area contributed by atoms with Crippen LogP contribution in [-0.2, 0) is 22.6 Å². The highest BCUT2D eigenvalue weighted by Gasteiger charge is 2.33. The Hall–Kier alpha value is -5.05. The first kappa shape index (κ1) is 27.5. The fraction of sp³-hybridized carbons (Fsp3) is 0.188. The Kier molecular flexibility index (Phi) is 8.34. The highest BCUT2D eigenvalue weighted by Crippen LogP contribution is 2.36. The molecule has 0 radical (unpaired) electrons. The number of nitrogens with zero attached hydrogens (tertiary/aromatic N) is 1. The van der Waals surface area contributed by atoms with Crippen molar-refractivity contribution in [1.82, 2.24) is 4.90 Å². The summed E-state index contributed by atoms with van der Waals surface area (Å²) < 4.78 is 35.5. The number of halogens is 1. The van der Waals surface area contributed by atoms with Crippen LogP contribution in [0.3, 0.4) is 0 Å². The van der Waals surface area contributed by atoms with Gasteiger partial charge in [0.05, 0.1) is 20.6 Å². The summed E-state index contributed by atoms with van der Waals surface area (Å²) in [6.07, 6.45) is 0.0587. The van der Waals surface area contributed by atoms with Gasteiger partial charge in [-0.25, -0.2) is 4.39 Å². The lowest BCUT2D eigenvalue weighted by Gasteiger charge is -2.32. The van der Waals surface area contributed by atoms with E-state index in [9.17, 15) is 14.0 Å². The molecular weight excluding hydrogens is 527 g/mol. The van der Waals surface area contributed by atoms with Crippen LogP contribution >= 0.6 is 0 Å². The summed E-state index contributed by atoms with van der Waals surface area (Å²) in [4.78, 5) is 29.6. The van der Waals surface area contributed by atoms with E-state index in [-0.39, 0.29) is 25.7 Å². The van der Waals surface area contributed by atoms with Crippen molar-refractivity contribution in [2.45, 2.75) is 19.0 Å². The number of methoxy groups -OCH3 is 2. The van der Waals surface area contributed by atoms with Crippen molar-refractivity contribution in [2.75, 3.05) is 26.3 Å². The first-order valence-corrected chi connectivity index (χ1v) is 13.0. The van der Waals surface area contributed by atoms with Crippen molar-refractivity contribution < 1.29 is 32.9 Å². The molecule has 0 aliphatic carbocycles. The summed E-state index contributed by atoms with van der Waals surface area (Å²) in [5.41, 5.74) is 2.43. The lowest BCUT2D eigenvalue weighted by Crippen LogP contribution is -2.41. The topological polar surface area (TPSA) is 86.3 Å². The van der Waals surface area contributed by atoms with Gasteiger partial charge in [0.15, 0.2) is 23.0 Å². The number of hydrogen-bond donors (Lipinski definition) is 1. The van der Waals surface area contributed by atoms with E-state index in [0.29, 0.717) is 39.8 Å². The first-order valence-electron chi connectivity index (χ1n) is 13.0. The van der Waals surface area contributed by atoms with Gasteiger partial charge < -0.3 is 29.2 Å². The number of anilines is 1. The van der Waals surface area contributed by atoms with E-state index < -0.39 is 17.8 Å². The third-order valence-electron chi connectivity index (χ3n) is 6.71. The van der Waals surface area contributed by atoms with Gasteiger partial charge in [-0.1, -0.05) is 48.5 Å². The number of nitrogens with one attached hydrogen (secondary N) is 1. The summed E-state index contributed by atoms with van der Waals surface area (Å²) in [5.74, 6) is 0.827. The number of fused-ring (bicyclic) bond motifs is 1. The number of carbonyl (C=O) groups excluding carboxylic acids is 2. The van der Waals surface area contributed by atoms with Crippen LogP contribution in [-0.4, -0.2) is 37.7 Å². The minimum atomic E-state index is -1.08. The van der Waals surface area contributed by atoms with E-state index in [1.165, 1.54) is 31.3 Å². The van der Waals surface area contributed by atoms with Gasteiger partial charge in [0.1, 0.15) is 11.9 Å². The zero-order valence-corrected chi connectivity index (χ0v) is 22.6. The van der Waals surface area contributed by atoms with E-state index in [1.54, 1.807) is 48.5 Å². The molecule has 1 heterocycles. The van der Waals surface area contributed by atoms with E-state index in [2.05, 4.69) is 5.32 Å². The molecule has 4 aromatic carbocycles. The van der Waals surface area contributed by atoms with Gasteiger partial charge >= 0.3 is 0 Å². The van der Waals surface area contributed by atoms with E-state index in [4.69, 9.17) is 18.9 Å². The van der Waals surface area contributed by atoms with Crippen LogP contribution in [0.4, 0.5) is 10.1 Å². The quantitative estimate of drug-likeness (QED) is 0.277. The maximum Gasteiger partial charge on any atom is 0.251 e. The van der Waals surface area contributed by atoms with Crippen LogP contribution in [0.5, 0.6) is 23.0 Å². The van der Waals surface area contributed by atoms with E-state index in [0.717, 1.165) is 5.56 Å². The first-order chi connectivity index (χ1) is 19.9. The third kappa shape index (κ3) is 6.41. The number of ether oxygens (including phenoxy) is 4. The maximum absolute atomic E-state index is 14.1. The predicted octanol–water partition coefficient (Wildman–Crippen LogP) is 5.52. The number of amides is 2. The Balaban J connectivity index is 1.56. The minimum absolute atomic E-state index is 0.0551. The van der Waals surface area contributed by atoms with Crippen molar-refractivity contribution in [3.8, 4) is 23.0 Å². The van der Waals surface area contributed by atoms with Crippen molar-refractivity contribution in [2.24, 2.45) is 0 Å². The average Bonchev–Trinajstić information content (AvgIpc) is 3.46. The van der Waals surface area contributed by atoms with Crippen molar-refractivity contribution in [1.29, 1.82) is 0 Å². The molecule has 9 heteroatoms. The van der Waals surface area contributed by atoms with Crippen LogP contribution in [0, 0.1) is 5.82 Å². The lowest BCUT2D eigenvalue weighted by molar-refractivity contribution is -0.139. The van der Waals surface area contributed by atoms with Crippen LogP contribution in [0.15, 0.2) is 91.0 Å². The average molecular weight is 557 g/mol. The SMILES string of the molecule is COc1ccc(C(C(=O)Nc2ccc3c(c2)OCO3)N(Cc2ccc(F)cc2)C(=O)Cc2ccccc2)cc1OC. The van der Waals surface area contributed by atoms with Gasteiger partial charge in [0.25, 0.3) is 5.91 Å². The van der Waals surface area contributed by atoms with Crippen molar-refractivity contribution >= 4 is 17.5 Å². The van der Waals surface area contributed by atoms with E-state index in [1.807, 2.05) is 30.3 Å². The Labute approximate surface area is 237 Å². The van der Waals surface area contributed by atoms with Gasteiger partial charge in [0, 0.05) is 18.3 Å². The van der Waals surface area contributed by atoms with Crippen LogP contribution in [0.2, 0.25) is 0 Å². The fourth-order valence-corrected chi connectivity index (χ4v) is 4.66. The second-order valence-corrected chi connectivity index (χ2v) is 9.38. The molecule has 41 heavy (non-hydrogen) atoms. The standard InChI is InChI=1S/C32H29FN2O6/c1-38-26-14-10-23(17-28(26)39-2)31(32(37)34-25-13-15-27-29(18-25)41-20-40-27)35(19-22-8-11-24(33)12-9-22)30(36)16-21-6-4-3-5-7-21/h3-15,17-18,31H,16,19-20H2,1-2H3,(H,34,37). The Morgan fingerprint density at radius 2 is 1.59 bits per heavy atom.